The van der Waals surface area contributed by atoms with E-state index >= 15 is 0 Å². The van der Waals surface area contributed by atoms with Gasteiger partial charge in [-0.3, -0.25) is 4.79 Å². The quantitative estimate of drug-likeness (QED) is 0.755. The maximum Gasteiger partial charge on any atom is 0.155 e. The van der Waals surface area contributed by atoms with Crippen LogP contribution in [0, 0.1) is 11.3 Å². The maximum absolute atomic E-state index is 11.2. The molecule has 0 aromatic heterocycles. The predicted octanol–water partition coefficient (Wildman–Crippen LogP) is 3.23. The molecule has 0 aromatic rings. The minimum atomic E-state index is -0.752. The molecule has 0 amide bonds. The topological polar surface area (TPSA) is 37.3 Å². The number of carbonyl (C=O) groups is 1. The molecule has 96 valence electrons. The molecule has 0 aromatic carbocycles. The monoisotopic (exact) mass is 300 g/mol. The molecule has 2 aliphatic carbocycles. The number of hydrogen-bond donors (Lipinski definition) is 1. The van der Waals surface area contributed by atoms with Crippen LogP contribution in [0.25, 0.3) is 0 Å². The van der Waals surface area contributed by atoms with Crippen LogP contribution in [0.5, 0.6) is 0 Å². The van der Waals surface area contributed by atoms with Crippen molar-refractivity contribution in [1.29, 1.82) is 0 Å². The first kappa shape index (κ1) is 13.3. The zero-order valence-corrected chi connectivity index (χ0v) is 12.2. The van der Waals surface area contributed by atoms with E-state index in [2.05, 4.69) is 29.8 Å². The number of carbonyl (C=O) groups excluding carboxylic acids is 1. The van der Waals surface area contributed by atoms with E-state index in [9.17, 15) is 9.90 Å². The summed E-state index contributed by atoms with van der Waals surface area (Å²) in [5, 5.41) is 10.7. The number of alkyl halides is 1. The van der Waals surface area contributed by atoms with Crippen molar-refractivity contribution in [3.63, 3.8) is 0 Å². The van der Waals surface area contributed by atoms with Gasteiger partial charge in [-0.1, -0.05) is 29.8 Å². The molecule has 17 heavy (non-hydrogen) atoms. The predicted molar refractivity (Wildman–Crippen MR) is 72.2 cm³/mol. The Labute approximate surface area is 112 Å². The number of halogens is 1. The van der Waals surface area contributed by atoms with Gasteiger partial charge in [0.25, 0.3) is 0 Å². The van der Waals surface area contributed by atoms with Gasteiger partial charge < -0.3 is 5.11 Å². The number of aliphatic hydroxyl groups is 1. The maximum atomic E-state index is 11.2. The van der Waals surface area contributed by atoms with Gasteiger partial charge in [-0.25, -0.2) is 0 Å². The zero-order valence-electron chi connectivity index (χ0n) is 10.6. The van der Waals surface area contributed by atoms with Gasteiger partial charge in [0.1, 0.15) is 0 Å². The van der Waals surface area contributed by atoms with Gasteiger partial charge in [0.15, 0.2) is 5.78 Å². The standard InChI is InChI=1S/C14H21BrO2/c1-13(2)9-10(3-4-12(13)15)14(17)7-5-11(16)6-8-14/h5,7,10,12,17H,3-4,6,8-9H2,1-2H3/t10-,12-,14-/m0/s1. The van der Waals surface area contributed by atoms with Crippen LogP contribution < -0.4 is 0 Å². The lowest BCUT2D eigenvalue weighted by Crippen LogP contribution is -2.45. The number of allylic oxidation sites excluding steroid dienone is 1. The summed E-state index contributed by atoms with van der Waals surface area (Å²) in [7, 11) is 0. The van der Waals surface area contributed by atoms with Crippen LogP contribution in [-0.2, 0) is 4.79 Å². The lowest BCUT2D eigenvalue weighted by Gasteiger charge is -2.46. The van der Waals surface area contributed by atoms with Crippen LogP contribution >= 0.6 is 15.9 Å². The second-order valence-corrected chi connectivity index (χ2v) is 7.33. The van der Waals surface area contributed by atoms with Gasteiger partial charge in [-0.15, -0.1) is 0 Å². The molecule has 2 nitrogen and oxygen atoms in total. The summed E-state index contributed by atoms with van der Waals surface area (Å²) in [6.07, 6.45) is 7.54. The molecule has 0 aliphatic heterocycles. The van der Waals surface area contributed by atoms with Crippen LogP contribution in [0.1, 0.15) is 46.0 Å². The highest BCUT2D eigenvalue weighted by atomic mass is 79.9. The third kappa shape index (κ3) is 2.65. The largest absolute Gasteiger partial charge is 0.385 e. The Morgan fingerprint density at radius 3 is 2.65 bits per heavy atom. The van der Waals surface area contributed by atoms with Crippen molar-refractivity contribution >= 4 is 21.7 Å². The average molecular weight is 301 g/mol. The fraction of sp³-hybridized carbons (Fsp3) is 0.786. The van der Waals surface area contributed by atoms with Gasteiger partial charge in [-0.05, 0) is 49.2 Å². The molecule has 3 heteroatoms. The van der Waals surface area contributed by atoms with Crippen LogP contribution in [0.15, 0.2) is 12.2 Å². The van der Waals surface area contributed by atoms with E-state index in [0.717, 1.165) is 19.3 Å². The van der Waals surface area contributed by atoms with Crippen LogP contribution in [0.4, 0.5) is 0 Å². The van der Waals surface area contributed by atoms with Crippen molar-refractivity contribution in [2.45, 2.75) is 56.4 Å². The first-order valence-electron chi connectivity index (χ1n) is 6.42. The van der Waals surface area contributed by atoms with Crippen molar-refractivity contribution in [3.8, 4) is 0 Å². The summed E-state index contributed by atoms with van der Waals surface area (Å²) in [4.78, 5) is 11.7. The fourth-order valence-electron chi connectivity index (χ4n) is 3.10. The molecule has 0 unspecified atom stereocenters. The molecule has 0 heterocycles. The number of rotatable bonds is 1. The molecule has 1 fully saturated rings. The molecule has 1 saturated carbocycles. The average Bonchev–Trinajstić information content (AvgIpc) is 2.26. The Hall–Kier alpha value is -0.150. The summed E-state index contributed by atoms with van der Waals surface area (Å²) < 4.78 is 0. The third-order valence-corrected chi connectivity index (χ3v) is 6.12. The first-order valence-corrected chi connectivity index (χ1v) is 7.34. The van der Waals surface area contributed by atoms with Gasteiger partial charge in [0, 0.05) is 11.2 Å². The Bertz CT molecular complexity index is 348. The Morgan fingerprint density at radius 1 is 1.41 bits per heavy atom. The van der Waals surface area contributed by atoms with E-state index in [1.54, 1.807) is 12.2 Å². The van der Waals surface area contributed by atoms with Crippen LogP contribution in [-0.4, -0.2) is 21.3 Å². The summed E-state index contributed by atoms with van der Waals surface area (Å²) in [6.45, 7) is 4.50. The molecule has 1 N–H and O–H groups in total. The molecular weight excluding hydrogens is 280 g/mol. The summed E-state index contributed by atoms with van der Waals surface area (Å²) in [5.41, 5.74) is -0.535. The van der Waals surface area contributed by atoms with Crippen molar-refractivity contribution in [2.24, 2.45) is 11.3 Å². The summed E-state index contributed by atoms with van der Waals surface area (Å²) in [6, 6.07) is 0. The molecule has 2 aliphatic rings. The number of ketones is 1. The minimum absolute atomic E-state index is 0.142. The van der Waals surface area contributed by atoms with E-state index < -0.39 is 5.60 Å². The van der Waals surface area contributed by atoms with Crippen molar-refractivity contribution in [3.05, 3.63) is 12.2 Å². The van der Waals surface area contributed by atoms with E-state index in [0.29, 0.717) is 17.7 Å². The van der Waals surface area contributed by atoms with E-state index in [-0.39, 0.29) is 17.1 Å². The van der Waals surface area contributed by atoms with Crippen molar-refractivity contribution in [2.75, 3.05) is 0 Å². The van der Waals surface area contributed by atoms with Gasteiger partial charge in [0.05, 0.1) is 5.60 Å². The Balaban J connectivity index is 2.13. The molecule has 0 saturated heterocycles. The summed E-state index contributed by atoms with van der Waals surface area (Å²) >= 11 is 3.73. The molecule has 2 rings (SSSR count). The van der Waals surface area contributed by atoms with Crippen molar-refractivity contribution in [1.82, 2.24) is 0 Å². The summed E-state index contributed by atoms with van der Waals surface area (Å²) in [5.74, 6) is 0.429. The van der Waals surface area contributed by atoms with Crippen LogP contribution in [0.2, 0.25) is 0 Å². The number of hydrogen-bond acceptors (Lipinski definition) is 2. The highest BCUT2D eigenvalue weighted by molar-refractivity contribution is 9.09. The van der Waals surface area contributed by atoms with Gasteiger partial charge in [0.2, 0.25) is 0 Å². The highest BCUT2D eigenvalue weighted by Gasteiger charge is 2.44. The van der Waals surface area contributed by atoms with Gasteiger partial charge >= 0.3 is 0 Å². The van der Waals surface area contributed by atoms with Crippen LogP contribution in [0.3, 0.4) is 0 Å². The fourth-order valence-corrected chi connectivity index (χ4v) is 3.55. The smallest absolute Gasteiger partial charge is 0.155 e. The molecule has 0 bridgehead atoms. The molecular formula is C14H21BrO2. The second-order valence-electron chi connectivity index (χ2n) is 6.23. The Morgan fingerprint density at radius 2 is 2.12 bits per heavy atom. The zero-order chi connectivity index (χ0) is 12.7. The van der Waals surface area contributed by atoms with E-state index in [1.165, 1.54) is 0 Å². The minimum Gasteiger partial charge on any atom is -0.385 e. The third-order valence-electron chi connectivity index (χ3n) is 4.43. The molecule has 0 radical (unpaired) electrons. The van der Waals surface area contributed by atoms with E-state index in [1.807, 2.05) is 0 Å². The first-order chi connectivity index (χ1) is 7.83. The lowest BCUT2D eigenvalue weighted by molar-refractivity contribution is -0.117. The van der Waals surface area contributed by atoms with Crippen molar-refractivity contribution < 1.29 is 9.90 Å². The van der Waals surface area contributed by atoms with E-state index in [4.69, 9.17) is 0 Å². The normalized spacial score (nSPS) is 41.5. The highest BCUT2D eigenvalue weighted by Crippen LogP contribution is 2.48. The second kappa shape index (κ2) is 4.51. The SMILES string of the molecule is CC1(C)C[C@@H]([C@]2(O)C=CC(=O)CC2)CC[C@@H]1Br. The Kier molecular flexibility index (Phi) is 3.52. The molecule has 0 spiro atoms. The van der Waals surface area contributed by atoms with Gasteiger partial charge in [-0.2, -0.15) is 0 Å². The molecule has 3 atom stereocenters. The lowest BCUT2D eigenvalue weighted by atomic mass is 9.64.